The Morgan fingerprint density at radius 3 is 1.09 bits per heavy atom. The van der Waals surface area contributed by atoms with Crippen LogP contribution in [0.5, 0.6) is 0 Å². The quantitative estimate of drug-likeness (QED) is 0.127. The van der Waals surface area contributed by atoms with E-state index in [-0.39, 0.29) is 0 Å². The van der Waals surface area contributed by atoms with Gasteiger partial charge in [-0.1, -0.05) is 376 Å². The van der Waals surface area contributed by atoms with Crippen LogP contribution in [0.3, 0.4) is 0 Å². The lowest BCUT2D eigenvalue weighted by atomic mass is 9.99. The Morgan fingerprint density at radius 1 is 0.171 bits per heavy atom. The lowest BCUT2D eigenvalue weighted by Gasteiger charge is -2.14. The SMILES string of the molecule is c1ccc(-c2nc(-c3ccccc3)nc(-c3cc(-n4c5ccccc5c5c6c7ccccc7n(-c7ccccc7)c6ccc54)cc4ccccc34)n2)cc1.c1ccc(-c2nc(-n3c4ccc(-c5ccc6c(c5)c5ccccc5n6-c5ccccc5)cc4c4c5ccccc5ccc43)nc3ccccc23)cc1.c1ccc(-c2nc(-n3c4ccccc4c4c5ccccc5c5c6ccccc6sc5c43)nc3ccccc23)cc1. The van der Waals surface area contributed by atoms with Gasteiger partial charge in [0.05, 0.1) is 82.3 Å². The van der Waals surface area contributed by atoms with Crippen LogP contribution in [0.1, 0.15) is 0 Å². The van der Waals surface area contributed by atoms with E-state index in [0.717, 1.165) is 116 Å². The Kier molecular flexibility index (Phi) is 19.6. The monoisotopic (exact) mass is 1880 g/mol. The molecule has 22 aromatic carbocycles. The minimum atomic E-state index is 0.634. The van der Waals surface area contributed by atoms with Crippen molar-refractivity contribution in [3.05, 3.63) is 497 Å². The fourth-order valence-electron chi connectivity index (χ4n) is 22.7. The van der Waals surface area contributed by atoms with Gasteiger partial charge >= 0.3 is 0 Å². The zero-order chi connectivity index (χ0) is 96.0. The molecule has 9 heterocycles. The first-order valence-electron chi connectivity index (χ1n) is 49.3. The molecule has 680 valence electrons. The second kappa shape index (κ2) is 34.2. The Bertz CT molecular complexity index is 10700. The second-order valence-electron chi connectivity index (χ2n) is 37.3. The molecule has 0 spiro atoms. The predicted molar refractivity (Wildman–Crippen MR) is 609 cm³/mol. The number of hydrogen-bond donors (Lipinski definition) is 0. The van der Waals surface area contributed by atoms with Crippen molar-refractivity contribution in [2.45, 2.75) is 0 Å². The first-order valence-corrected chi connectivity index (χ1v) is 50.1. The zero-order valence-electron chi connectivity index (χ0n) is 78.6. The molecule has 0 bridgehead atoms. The largest absolute Gasteiger partial charge is 0.309 e. The summed E-state index contributed by atoms with van der Waals surface area (Å²) in [5.74, 6) is 3.27. The smallest absolute Gasteiger partial charge is 0.235 e. The van der Waals surface area contributed by atoms with Gasteiger partial charge in [-0.05, 0) is 165 Å². The number of aromatic nitrogens is 12. The van der Waals surface area contributed by atoms with E-state index < -0.39 is 0 Å². The van der Waals surface area contributed by atoms with Gasteiger partial charge in [0.25, 0.3) is 0 Å². The summed E-state index contributed by atoms with van der Waals surface area (Å²) in [6.45, 7) is 0. The van der Waals surface area contributed by atoms with Crippen molar-refractivity contribution in [1.29, 1.82) is 0 Å². The highest BCUT2D eigenvalue weighted by Crippen LogP contribution is 2.51. The maximum absolute atomic E-state index is 5.31. The van der Waals surface area contributed by atoms with Gasteiger partial charge in [0, 0.05) is 125 Å². The van der Waals surface area contributed by atoms with Crippen molar-refractivity contribution in [2.75, 3.05) is 0 Å². The molecule has 0 fully saturated rings. The number of thiophene rings is 1. The average molecular weight is 1880 g/mol. The van der Waals surface area contributed by atoms with Crippen LogP contribution in [-0.2, 0) is 0 Å². The van der Waals surface area contributed by atoms with E-state index in [1.165, 1.54) is 134 Å². The number of hydrogen-bond acceptors (Lipinski definition) is 8. The third-order valence-electron chi connectivity index (χ3n) is 29.0. The Balaban J connectivity index is 0.000000105. The topological polar surface area (TPSA) is 115 Å². The van der Waals surface area contributed by atoms with E-state index in [0.29, 0.717) is 29.4 Å². The van der Waals surface area contributed by atoms with Gasteiger partial charge in [0.15, 0.2) is 17.5 Å². The van der Waals surface area contributed by atoms with E-state index in [4.69, 9.17) is 34.9 Å². The molecule has 0 amide bonds. The van der Waals surface area contributed by atoms with Gasteiger partial charge in [-0.2, -0.15) is 0 Å². The number of fused-ring (bicyclic) bond motifs is 28. The van der Waals surface area contributed by atoms with Crippen molar-refractivity contribution < 1.29 is 0 Å². The van der Waals surface area contributed by atoms with E-state index in [1.54, 1.807) is 0 Å². The normalized spacial score (nSPS) is 11.8. The molecule has 0 radical (unpaired) electrons. The minimum Gasteiger partial charge on any atom is -0.309 e. The van der Waals surface area contributed by atoms with E-state index >= 15 is 0 Å². The van der Waals surface area contributed by atoms with Crippen molar-refractivity contribution >= 4 is 195 Å². The van der Waals surface area contributed by atoms with Crippen molar-refractivity contribution in [2.24, 2.45) is 0 Å². The average Bonchev–Trinajstić information content (AvgIpc) is 1.53. The molecule has 0 saturated carbocycles. The van der Waals surface area contributed by atoms with E-state index in [1.807, 2.05) is 65.9 Å². The summed E-state index contributed by atoms with van der Waals surface area (Å²) >= 11 is 1.86. The van der Waals surface area contributed by atoms with Gasteiger partial charge < -0.3 is 13.7 Å². The van der Waals surface area contributed by atoms with Crippen LogP contribution in [0, 0.1) is 0 Å². The number of rotatable bonds is 11. The summed E-state index contributed by atoms with van der Waals surface area (Å²) in [4.78, 5) is 36.4. The van der Waals surface area contributed by atoms with E-state index in [9.17, 15) is 0 Å². The maximum atomic E-state index is 5.31. The lowest BCUT2D eigenvalue weighted by molar-refractivity contribution is 1.01. The van der Waals surface area contributed by atoms with E-state index in [2.05, 4.69) is 466 Å². The van der Waals surface area contributed by atoms with Crippen LogP contribution in [0.25, 0.3) is 280 Å². The Hall–Kier alpha value is -19.5. The van der Waals surface area contributed by atoms with Gasteiger partial charge in [-0.3, -0.25) is 9.13 Å². The third kappa shape index (κ3) is 13.5. The molecule has 31 rings (SSSR count). The van der Waals surface area contributed by atoms with Crippen LogP contribution in [0.2, 0.25) is 0 Å². The van der Waals surface area contributed by atoms with Crippen LogP contribution in [0.4, 0.5) is 0 Å². The summed E-state index contributed by atoms with van der Waals surface area (Å²) < 4.78 is 14.3. The number of nitrogens with zero attached hydrogens (tertiary/aromatic N) is 12. The summed E-state index contributed by atoms with van der Waals surface area (Å²) in [6, 6.07) is 176. The molecule has 0 aliphatic rings. The first-order chi connectivity index (χ1) is 72.5. The highest BCUT2D eigenvalue weighted by molar-refractivity contribution is 7.27. The van der Waals surface area contributed by atoms with Crippen LogP contribution >= 0.6 is 11.3 Å². The summed E-state index contributed by atoms with van der Waals surface area (Å²) in [5.41, 5.74) is 25.9. The highest BCUT2D eigenvalue weighted by atomic mass is 32.1. The molecular weight excluding hydrogens is 1800 g/mol. The van der Waals surface area contributed by atoms with Crippen molar-refractivity contribution in [3.8, 4) is 96.8 Å². The van der Waals surface area contributed by atoms with Gasteiger partial charge in [0.1, 0.15) is 0 Å². The molecular formula is C133H82N12S. The molecule has 31 aromatic rings. The maximum Gasteiger partial charge on any atom is 0.235 e. The molecule has 0 aliphatic carbocycles. The molecule has 0 N–H and O–H groups in total. The molecule has 12 nitrogen and oxygen atoms in total. The third-order valence-corrected chi connectivity index (χ3v) is 30.2. The summed E-state index contributed by atoms with van der Waals surface area (Å²) in [7, 11) is 0. The van der Waals surface area contributed by atoms with Crippen LogP contribution in [0.15, 0.2) is 497 Å². The van der Waals surface area contributed by atoms with Gasteiger partial charge in [-0.25, -0.2) is 34.9 Å². The zero-order valence-corrected chi connectivity index (χ0v) is 79.4. The Morgan fingerprint density at radius 2 is 0.534 bits per heavy atom. The lowest BCUT2D eigenvalue weighted by Crippen LogP contribution is -2.03. The van der Waals surface area contributed by atoms with Gasteiger partial charge in [0.2, 0.25) is 11.9 Å². The molecule has 0 aliphatic heterocycles. The van der Waals surface area contributed by atoms with Crippen molar-refractivity contribution in [1.82, 2.24) is 57.7 Å². The predicted octanol–water partition coefficient (Wildman–Crippen LogP) is 34.4. The standard InChI is InChI=1S/C49H31N5.C48H30N4.C36H21N3S/c1-4-16-32(17-5-1)47-50-48(33-18-6-2-7-19-33)52-49(51-47)40-31-36(30-34-20-10-11-23-37(34)40)54-42-27-15-13-25-39(42)46-44(54)29-28-43-45(46)38-24-12-14-26-41(38)53(43)35-21-8-3-9-22-35;1-3-14-32(15-4-1)47-38-20-9-11-21-41(38)49-48(50-47)52-44-27-25-34(30-40(44)46-36-18-8-7-13-31(36)23-28-45(46)52)33-24-26-43-39(29-33)37-19-10-12-22-42(37)51(43)35-16-5-2-6-17-35;1-2-12-22(13-3-1)33-25-16-6-9-19-28(25)37-36(38-33)39-29-20-10-7-17-26(29)31-23-14-4-5-15-24(23)32-27-18-8-11-21-30(27)40-35(32)34(31)39/h1-31H;1-30H;1-21H. The molecule has 0 unspecified atom stereocenters. The number of para-hydroxylation sites is 8. The minimum absolute atomic E-state index is 0.634. The van der Waals surface area contributed by atoms with Gasteiger partial charge in [-0.15, -0.1) is 11.3 Å². The molecule has 0 saturated heterocycles. The Labute approximate surface area is 840 Å². The number of benzene rings is 22. The molecule has 9 aromatic heterocycles. The molecule has 0 atom stereocenters. The second-order valence-corrected chi connectivity index (χ2v) is 38.3. The van der Waals surface area contributed by atoms with Crippen molar-refractivity contribution in [3.63, 3.8) is 0 Å². The first kappa shape index (κ1) is 83.5. The summed E-state index contributed by atoms with van der Waals surface area (Å²) in [6.07, 6.45) is 0. The van der Waals surface area contributed by atoms with Crippen LogP contribution < -0.4 is 0 Å². The summed E-state index contributed by atoms with van der Waals surface area (Å²) in [5, 5.41) is 24.1. The fraction of sp³-hybridized carbons (Fsp3) is 0. The highest BCUT2D eigenvalue weighted by Gasteiger charge is 2.29. The molecule has 13 heteroatoms. The van der Waals surface area contributed by atoms with Crippen LogP contribution in [-0.4, -0.2) is 57.7 Å². The fourth-order valence-corrected chi connectivity index (χ4v) is 23.9. The molecule has 146 heavy (non-hydrogen) atoms.